The molecule has 0 nitrogen and oxygen atoms in total. The van der Waals surface area contributed by atoms with E-state index in [0.717, 1.165) is 23.7 Å². The smallest absolute Gasteiger partial charge is 0 e. The molecule has 2 aromatic rings. The van der Waals surface area contributed by atoms with Gasteiger partial charge in [-0.25, -0.2) is 0 Å². The summed E-state index contributed by atoms with van der Waals surface area (Å²) >= 11 is 0. The minimum Gasteiger partial charge on any atom is -0.0776 e. The number of benzene rings is 2. The van der Waals surface area contributed by atoms with Crippen LogP contribution in [-0.4, -0.2) is 0 Å². The van der Waals surface area contributed by atoms with Crippen molar-refractivity contribution in [1.29, 1.82) is 0 Å². The molecule has 0 aromatic heterocycles. The summed E-state index contributed by atoms with van der Waals surface area (Å²) in [5, 5.41) is 0. The summed E-state index contributed by atoms with van der Waals surface area (Å²) in [4.78, 5) is 0. The van der Waals surface area contributed by atoms with Crippen molar-refractivity contribution in [2.75, 3.05) is 0 Å². The molecule has 2 aromatic carbocycles. The molecule has 0 unspecified atom stereocenters. The Kier molecular flexibility index (Phi) is 7.38. The maximum atomic E-state index is 2.41. The highest BCUT2D eigenvalue weighted by Crippen LogP contribution is 2.36. The van der Waals surface area contributed by atoms with Crippen LogP contribution >= 0.6 is 0 Å². The summed E-state index contributed by atoms with van der Waals surface area (Å²) in [6, 6.07) is 18.8. The fraction of sp³-hybridized carbons (Fsp3) is 0.571. The third kappa shape index (κ3) is 5.28. The molecule has 0 saturated heterocycles. The van der Waals surface area contributed by atoms with Crippen molar-refractivity contribution in [3.8, 4) is 11.1 Å². The molecule has 0 heteroatoms. The molecule has 0 radical (unpaired) electrons. The molecule has 2 saturated carbocycles. The first kappa shape index (κ1) is 21.2. The first-order chi connectivity index (χ1) is 13.2. The first-order valence-corrected chi connectivity index (χ1v) is 11.4. The van der Waals surface area contributed by atoms with Crippen LogP contribution in [0.25, 0.3) is 11.1 Å². The molecule has 156 valence electrons. The standard InChI is InChI=1S/C27H36.CH4.2H2/c1-20-3-7-22(8-4-20)19-23-9-13-25(14-10-23)27-17-15-26(16-18-27)24-11-5-21(2)6-12-24;;;/h9-10,13-18,20-22,24H,3-8,11-12,19H2,1-2H3;1H4;2*1H. The van der Waals surface area contributed by atoms with Crippen molar-refractivity contribution < 1.29 is 2.85 Å². The van der Waals surface area contributed by atoms with Crippen LogP contribution in [0, 0.1) is 17.8 Å². The van der Waals surface area contributed by atoms with E-state index in [4.69, 9.17) is 0 Å². The van der Waals surface area contributed by atoms with Gasteiger partial charge in [0.15, 0.2) is 0 Å². The Labute approximate surface area is 176 Å². The third-order valence-corrected chi connectivity index (χ3v) is 7.35. The first-order valence-electron chi connectivity index (χ1n) is 11.4. The van der Waals surface area contributed by atoms with Gasteiger partial charge in [0.2, 0.25) is 0 Å². The van der Waals surface area contributed by atoms with Gasteiger partial charge in [0.1, 0.15) is 0 Å². The lowest BCUT2D eigenvalue weighted by molar-refractivity contribution is 0.289. The van der Waals surface area contributed by atoms with E-state index in [1.165, 1.54) is 74.5 Å². The van der Waals surface area contributed by atoms with Gasteiger partial charge in [-0.15, -0.1) is 0 Å². The zero-order chi connectivity index (χ0) is 18.6. The van der Waals surface area contributed by atoms with Gasteiger partial charge in [0, 0.05) is 2.85 Å². The molecular formula is C28H44. The lowest BCUT2D eigenvalue weighted by Crippen LogP contribution is -2.14. The summed E-state index contributed by atoms with van der Waals surface area (Å²) in [7, 11) is 0. The molecule has 0 aliphatic heterocycles. The Hall–Kier alpha value is -1.56. The van der Waals surface area contributed by atoms with E-state index in [2.05, 4.69) is 62.4 Å². The van der Waals surface area contributed by atoms with E-state index >= 15 is 0 Å². The Morgan fingerprint density at radius 1 is 0.643 bits per heavy atom. The minimum atomic E-state index is 0. The van der Waals surface area contributed by atoms with E-state index in [9.17, 15) is 0 Å². The van der Waals surface area contributed by atoms with Crippen LogP contribution in [-0.2, 0) is 6.42 Å². The zero-order valence-electron chi connectivity index (χ0n) is 17.3. The SMILES string of the molecule is C.CC1CCC(Cc2ccc(-c3ccc(C4CCC(C)CC4)cc3)cc2)CC1.[HH].[HH]. The molecule has 28 heavy (non-hydrogen) atoms. The van der Waals surface area contributed by atoms with Gasteiger partial charge in [-0.1, -0.05) is 95.5 Å². The van der Waals surface area contributed by atoms with E-state index in [-0.39, 0.29) is 10.3 Å². The Bertz CT molecular complexity index is 703. The van der Waals surface area contributed by atoms with E-state index in [0.29, 0.717) is 0 Å². The van der Waals surface area contributed by atoms with Gasteiger partial charge in [0.05, 0.1) is 0 Å². The summed E-state index contributed by atoms with van der Waals surface area (Å²) < 4.78 is 0. The van der Waals surface area contributed by atoms with Crippen molar-refractivity contribution in [2.45, 2.75) is 85.0 Å². The maximum absolute atomic E-state index is 2.41. The Balaban J connectivity index is 0.00000150. The fourth-order valence-corrected chi connectivity index (χ4v) is 5.24. The molecule has 0 atom stereocenters. The van der Waals surface area contributed by atoms with Crippen LogP contribution in [0.15, 0.2) is 48.5 Å². The van der Waals surface area contributed by atoms with Crippen LogP contribution < -0.4 is 0 Å². The quantitative estimate of drug-likeness (QED) is 0.496. The highest BCUT2D eigenvalue weighted by molar-refractivity contribution is 5.64. The van der Waals surface area contributed by atoms with Crippen LogP contribution in [0.5, 0.6) is 0 Å². The molecule has 2 aliphatic carbocycles. The lowest BCUT2D eigenvalue weighted by Gasteiger charge is -2.26. The average molecular weight is 381 g/mol. The van der Waals surface area contributed by atoms with E-state index in [1.54, 1.807) is 5.56 Å². The topological polar surface area (TPSA) is 0 Å². The van der Waals surface area contributed by atoms with E-state index in [1.807, 2.05) is 0 Å². The fourth-order valence-electron chi connectivity index (χ4n) is 5.24. The number of hydrogen-bond donors (Lipinski definition) is 0. The van der Waals surface area contributed by atoms with Gasteiger partial charge >= 0.3 is 0 Å². The molecule has 4 rings (SSSR count). The van der Waals surface area contributed by atoms with Crippen molar-refractivity contribution in [2.24, 2.45) is 17.8 Å². The monoisotopic (exact) mass is 380 g/mol. The molecule has 0 amide bonds. The summed E-state index contributed by atoms with van der Waals surface area (Å²) in [6.07, 6.45) is 12.5. The van der Waals surface area contributed by atoms with E-state index < -0.39 is 0 Å². The largest absolute Gasteiger partial charge is 0.0776 e. The van der Waals surface area contributed by atoms with Gasteiger partial charge in [0.25, 0.3) is 0 Å². The van der Waals surface area contributed by atoms with Crippen LogP contribution in [0.2, 0.25) is 0 Å². The normalized spacial score (nSPS) is 27.8. The molecule has 0 heterocycles. The molecule has 0 N–H and O–H groups in total. The lowest BCUT2D eigenvalue weighted by atomic mass is 9.79. The maximum Gasteiger partial charge on any atom is 0 e. The Morgan fingerprint density at radius 3 is 1.64 bits per heavy atom. The van der Waals surface area contributed by atoms with Gasteiger partial charge < -0.3 is 0 Å². The molecule has 0 spiro atoms. The average Bonchev–Trinajstić information content (AvgIpc) is 2.71. The third-order valence-electron chi connectivity index (χ3n) is 7.35. The second-order valence-electron chi connectivity index (χ2n) is 9.61. The summed E-state index contributed by atoms with van der Waals surface area (Å²) in [5.74, 6) is 3.57. The summed E-state index contributed by atoms with van der Waals surface area (Å²) in [6.45, 7) is 4.81. The van der Waals surface area contributed by atoms with Crippen LogP contribution in [0.4, 0.5) is 0 Å². The van der Waals surface area contributed by atoms with Gasteiger partial charge in [-0.3, -0.25) is 0 Å². The second-order valence-corrected chi connectivity index (χ2v) is 9.61. The van der Waals surface area contributed by atoms with Crippen molar-refractivity contribution in [1.82, 2.24) is 0 Å². The highest BCUT2D eigenvalue weighted by atomic mass is 14.3. The minimum absolute atomic E-state index is 0. The second kappa shape index (κ2) is 9.77. The summed E-state index contributed by atoms with van der Waals surface area (Å²) in [5.41, 5.74) is 5.79. The molecular weight excluding hydrogens is 336 g/mol. The van der Waals surface area contributed by atoms with Gasteiger partial charge in [-0.05, 0) is 78.0 Å². The van der Waals surface area contributed by atoms with Crippen molar-refractivity contribution in [3.05, 3.63) is 59.7 Å². The van der Waals surface area contributed by atoms with Crippen molar-refractivity contribution >= 4 is 0 Å². The van der Waals surface area contributed by atoms with Crippen LogP contribution in [0.3, 0.4) is 0 Å². The zero-order valence-corrected chi connectivity index (χ0v) is 17.3. The molecule has 2 aliphatic rings. The predicted molar refractivity (Wildman–Crippen MR) is 128 cm³/mol. The van der Waals surface area contributed by atoms with Crippen LogP contribution in [0.1, 0.15) is 92.5 Å². The van der Waals surface area contributed by atoms with Crippen molar-refractivity contribution in [3.63, 3.8) is 0 Å². The molecule has 2 fully saturated rings. The number of rotatable bonds is 4. The van der Waals surface area contributed by atoms with Gasteiger partial charge in [-0.2, -0.15) is 0 Å². The number of hydrogen-bond acceptors (Lipinski definition) is 0. The highest BCUT2D eigenvalue weighted by Gasteiger charge is 2.20. The Morgan fingerprint density at radius 2 is 1.11 bits per heavy atom. The molecule has 0 bridgehead atoms. The predicted octanol–water partition coefficient (Wildman–Crippen LogP) is 9.14.